The minimum Gasteiger partial charge on any atom is -0.481 e. The first-order chi connectivity index (χ1) is 6.60. The van der Waals surface area contributed by atoms with Gasteiger partial charge >= 0.3 is 5.97 Å². The van der Waals surface area contributed by atoms with E-state index in [0.717, 1.165) is 6.42 Å². The number of rotatable bonds is 7. The number of carboxylic acids is 1. The molecule has 0 bridgehead atoms. The summed E-state index contributed by atoms with van der Waals surface area (Å²) in [6.45, 7) is 2.39. The zero-order valence-corrected chi connectivity index (χ0v) is 9.39. The molecule has 4 nitrogen and oxygen atoms in total. The Morgan fingerprint density at radius 2 is 2.14 bits per heavy atom. The van der Waals surface area contributed by atoms with Crippen LogP contribution in [0.1, 0.15) is 19.8 Å². The highest BCUT2D eigenvalue weighted by Crippen LogP contribution is 2.06. The molecule has 1 amide bonds. The lowest BCUT2D eigenvalue weighted by Gasteiger charge is -2.12. The quantitative estimate of drug-likeness (QED) is 0.669. The molecule has 5 heteroatoms. The number of hydrogen-bond donors (Lipinski definition) is 2. The molecule has 0 aliphatic carbocycles. The molecule has 0 radical (unpaired) electrons. The van der Waals surface area contributed by atoms with E-state index >= 15 is 0 Å². The van der Waals surface area contributed by atoms with Gasteiger partial charge in [-0.05, 0) is 12.2 Å². The van der Waals surface area contributed by atoms with E-state index in [1.165, 1.54) is 11.8 Å². The van der Waals surface area contributed by atoms with Crippen molar-refractivity contribution in [2.45, 2.75) is 19.8 Å². The molecule has 0 fully saturated rings. The lowest BCUT2D eigenvalue weighted by molar-refractivity contribution is -0.138. The molecule has 82 valence electrons. The van der Waals surface area contributed by atoms with Crippen LogP contribution in [0.15, 0.2) is 0 Å². The number of thioether (sulfide) groups is 1. The smallest absolute Gasteiger partial charge is 0.303 e. The van der Waals surface area contributed by atoms with E-state index in [0.29, 0.717) is 12.3 Å². The van der Waals surface area contributed by atoms with Gasteiger partial charge in [0.05, 0.1) is 5.75 Å². The highest BCUT2D eigenvalue weighted by atomic mass is 32.2. The SMILES string of the molecule is CCC(CNC(=O)CSC)CC(=O)O. The number of nitrogens with one attached hydrogen (secondary N) is 1. The van der Waals surface area contributed by atoms with Crippen molar-refractivity contribution in [1.82, 2.24) is 5.32 Å². The van der Waals surface area contributed by atoms with Crippen LogP contribution < -0.4 is 5.32 Å². The number of carboxylic acid groups (broad SMARTS) is 1. The van der Waals surface area contributed by atoms with E-state index in [1.807, 2.05) is 13.2 Å². The van der Waals surface area contributed by atoms with Gasteiger partial charge in [-0.3, -0.25) is 9.59 Å². The Morgan fingerprint density at radius 1 is 1.50 bits per heavy atom. The molecule has 0 aliphatic rings. The summed E-state index contributed by atoms with van der Waals surface area (Å²) in [5.74, 6) is -0.362. The van der Waals surface area contributed by atoms with Gasteiger partial charge in [-0.1, -0.05) is 13.3 Å². The van der Waals surface area contributed by atoms with Crippen molar-refractivity contribution in [1.29, 1.82) is 0 Å². The molecule has 1 atom stereocenters. The summed E-state index contributed by atoms with van der Waals surface area (Å²) in [5, 5.41) is 11.3. The van der Waals surface area contributed by atoms with Crippen LogP contribution in [0, 0.1) is 5.92 Å². The van der Waals surface area contributed by atoms with Crippen molar-refractivity contribution in [2.24, 2.45) is 5.92 Å². The van der Waals surface area contributed by atoms with Gasteiger partial charge < -0.3 is 10.4 Å². The standard InChI is InChI=1S/C9H17NO3S/c1-3-7(4-9(12)13)5-10-8(11)6-14-2/h7H,3-6H2,1-2H3,(H,10,11)(H,12,13). The molecule has 0 saturated heterocycles. The summed E-state index contributed by atoms with van der Waals surface area (Å²) in [7, 11) is 0. The van der Waals surface area contributed by atoms with Crippen molar-refractivity contribution < 1.29 is 14.7 Å². The summed E-state index contributed by atoms with van der Waals surface area (Å²) < 4.78 is 0. The first kappa shape index (κ1) is 13.3. The van der Waals surface area contributed by atoms with Gasteiger partial charge in [0, 0.05) is 13.0 Å². The summed E-state index contributed by atoms with van der Waals surface area (Å²) in [6, 6.07) is 0. The number of aliphatic carboxylic acids is 1. The van der Waals surface area contributed by atoms with Gasteiger partial charge in [-0.2, -0.15) is 11.8 Å². The topological polar surface area (TPSA) is 66.4 Å². The fourth-order valence-electron chi connectivity index (χ4n) is 1.05. The molecule has 0 aromatic heterocycles. The van der Waals surface area contributed by atoms with E-state index in [9.17, 15) is 9.59 Å². The molecule has 0 rings (SSSR count). The van der Waals surface area contributed by atoms with Crippen LogP contribution in [0.4, 0.5) is 0 Å². The zero-order chi connectivity index (χ0) is 11.0. The van der Waals surface area contributed by atoms with Gasteiger partial charge in [0.1, 0.15) is 0 Å². The summed E-state index contributed by atoms with van der Waals surface area (Å²) in [5.41, 5.74) is 0. The van der Waals surface area contributed by atoms with E-state index in [2.05, 4.69) is 5.32 Å². The molecule has 0 aliphatic heterocycles. The zero-order valence-electron chi connectivity index (χ0n) is 8.58. The maximum Gasteiger partial charge on any atom is 0.303 e. The van der Waals surface area contributed by atoms with Crippen molar-refractivity contribution in [2.75, 3.05) is 18.6 Å². The normalized spacial score (nSPS) is 12.1. The molecule has 0 aromatic carbocycles. The van der Waals surface area contributed by atoms with E-state index in [1.54, 1.807) is 0 Å². The Balaban J connectivity index is 3.71. The maximum atomic E-state index is 11.1. The van der Waals surface area contributed by atoms with Crippen LogP contribution in [-0.4, -0.2) is 35.5 Å². The number of amides is 1. The first-order valence-electron chi connectivity index (χ1n) is 4.57. The van der Waals surface area contributed by atoms with E-state index < -0.39 is 5.97 Å². The van der Waals surface area contributed by atoms with Crippen LogP contribution in [0.5, 0.6) is 0 Å². The van der Waals surface area contributed by atoms with Crippen LogP contribution in [0.25, 0.3) is 0 Å². The highest BCUT2D eigenvalue weighted by Gasteiger charge is 2.11. The van der Waals surface area contributed by atoms with Crippen molar-refractivity contribution in [3.63, 3.8) is 0 Å². The minimum atomic E-state index is -0.809. The Bertz CT molecular complexity index is 196. The first-order valence-corrected chi connectivity index (χ1v) is 5.97. The molecule has 0 aromatic rings. The minimum absolute atomic E-state index is 0.0265. The Hall–Kier alpha value is -0.710. The van der Waals surface area contributed by atoms with E-state index in [-0.39, 0.29) is 18.2 Å². The fraction of sp³-hybridized carbons (Fsp3) is 0.778. The van der Waals surface area contributed by atoms with Gasteiger partial charge in [0.2, 0.25) is 5.91 Å². The summed E-state index contributed by atoms with van der Waals surface area (Å²) >= 11 is 1.45. The number of hydrogen-bond acceptors (Lipinski definition) is 3. The van der Waals surface area contributed by atoms with Crippen molar-refractivity contribution in [3.8, 4) is 0 Å². The molecule has 0 spiro atoms. The third kappa shape index (κ3) is 6.77. The lowest BCUT2D eigenvalue weighted by Crippen LogP contribution is -2.31. The van der Waals surface area contributed by atoms with Crippen LogP contribution in [0.3, 0.4) is 0 Å². The highest BCUT2D eigenvalue weighted by molar-refractivity contribution is 7.99. The molecule has 1 unspecified atom stereocenters. The van der Waals surface area contributed by atoms with Crippen LogP contribution in [-0.2, 0) is 9.59 Å². The van der Waals surface area contributed by atoms with Gasteiger partial charge in [-0.25, -0.2) is 0 Å². The Morgan fingerprint density at radius 3 is 2.57 bits per heavy atom. The van der Waals surface area contributed by atoms with Crippen molar-refractivity contribution >= 4 is 23.6 Å². The Labute approximate surface area is 88.4 Å². The number of carbonyl (C=O) groups is 2. The average molecular weight is 219 g/mol. The second kappa shape index (κ2) is 7.67. The third-order valence-electron chi connectivity index (χ3n) is 1.90. The summed E-state index contributed by atoms with van der Waals surface area (Å²) in [6.07, 6.45) is 2.75. The van der Waals surface area contributed by atoms with E-state index in [4.69, 9.17) is 5.11 Å². The molecule has 0 heterocycles. The van der Waals surface area contributed by atoms with Crippen LogP contribution >= 0.6 is 11.8 Å². The second-order valence-corrected chi connectivity index (χ2v) is 3.98. The third-order valence-corrected chi connectivity index (χ3v) is 2.45. The molecule has 0 saturated carbocycles. The lowest BCUT2D eigenvalue weighted by atomic mass is 10.0. The molecular weight excluding hydrogens is 202 g/mol. The predicted molar refractivity (Wildman–Crippen MR) is 57.4 cm³/mol. The van der Waals surface area contributed by atoms with Gasteiger partial charge in [0.25, 0.3) is 0 Å². The molecule has 2 N–H and O–H groups in total. The monoisotopic (exact) mass is 219 g/mol. The largest absolute Gasteiger partial charge is 0.481 e. The van der Waals surface area contributed by atoms with Crippen LogP contribution in [0.2, 0.25) is 0 Å². The predicted octanol–water partition coefficient (Wildman–Crippen LogP) is 0.966. The fourth-order valence-corrected chi connectivity index (χ4v) is 1.41. The van der Waals surface area contributed by atoms with Gasteiger partial charge in [-0.15, -0.1) is 0 Å². The average Bonchev–Trinajstić information content (AvgIpc) is 2.12. The van der Waals surface area contributed by atoms with Gasteiger partial charge in [0.15, 0.2) is 0 Å². The Kier molecular flexibility index (Phi) is 7.28. The van der Waals surface area contributed by atoms with Crippen molar-refractivity contribution in [3.05, 3.63) is 0 Å². The molecule has 14 heavy (non-hydrogen) atoms. The second-order valence-electron chi connectivity index (χ2n) is 3.11. The maximum absolute atomic E-state index is 11.1. The number of carbonyl (C=O) groups excluding carboxylic acids is 1. The molecular formula is C9H17NO3S. The summed E-state index contributed by atoms with van der Waals surface area (Å²) in [4.78, 5) is 21.5.